The van der Waals surface area contributed by atoms with Crippen LogP contribution in [0.15, 0.2) is 18.2 Å². The third-order valence-electron chi connectivity index (χ3n) is 3.65. The molecule has 0 atom stereocenters. The van der Waals surface area contributed by atoms with E-state index in [0.29, 0.717) is 12.3 Å². The van der Waals surface area contributed by atoms with Crippen LogP contribution in [-0.4, -0.2) is 36.5 Å². The molecule has 0 radical (unpaired) electrons. The molecule has 5 heteroatoms. The van der Waals surface area contributed by atoms with Gasteiger partial charge < -0.3 is 15.0 Å². The molecule has 0 aromatic heterocycles. The Morgan fingerprint density at radius 3 is 2.91 bits per heavy atom. The number of nitrogens with zero attached hydrogens (tertiary/aromatic N) is 1. The summed E-state index contributed by atoms with van der Waals surface area (Å²) < 4.78 is 5.80. The minimum Gasteiger partial charge on any atom is -0.491 e. The highest BCUT2D eigenvalue weighted by atomic mass is 35.5. The first-order valence-corrected chi connectivity index (χ1v) is 8.37. The molecule has 0 saturated carbocycles. The standard InChI is InChI=1S/C17H25ClN2O2/c1-13(2)22-16-7-6-15(18)11-14(16)12-19-8-4-10-20-9-3-5-17(20)21/h6-7,11,13,19H,3-5,8-10,12H2,1-2H3. The van der Waals surface area contributed by atoms with Gasteiger partial charge in [0.15, 0.2) is 0 Å². The molecule has 4 nitrogen and oxygen atoms in total. The fourth-order valence-corrected chi connectivity index (χ4v) is 2.81. The van der Waals surface area contributed by atoms with Crippen molar-refractivity contribution in [2.75, 3.05) is 19.6 Å². The molecule has 1 aliphatic rings. The Balaban J connectivity index is 1.76. The predicted octanol–water partition coefficient (Wildman–Crippen LogP) is 3.23. The minimum absolute atomic E-state index is 0.140. The molecule has 1 aromatic rings. The average molecular weight is 325 g/mol. The van der Waals surface area contributed by atoms with Gasteiger partial charge in [0, 0.05) is 36.6 Å². The van der Waals surface area contributed by atoms with E-state index in [-0.39, 0.29) is 6.10 Å². The van der Waals surface area contributed by atoms with Crippen molar-refractivity contribution in [2.24, 2.45) is 0 Å². The van der Waals surface area contributed by atoms with Crippen molar-refractivity contribution >= 4 is 17.5 Å². The maximum absolute atomic E-state index is 11.5. The highest BCUT2D eigenvalue weighted by Crippen LogP contribution is 2.23. The van der Waals surface area contributed by atoms with Gasteiger partial charge in [0.05, 0.1) is 6.10 Å². The summed E-state index contributed by atoms with van der Waals surface area (Å²) in [4.78, 5) is 13.5. The number of benzene rings is 1. The van der Waals surface area contributed by atoms with E-state index in [1.165, 1.54) is 0 Å². The normalized spacial score (nSPS) is 14.9. The molecule has 0 aliphatic carbocycles. The molecule has 1 fully saturated rings. The van der Waals surface area contributed by atoms with E-state index in [2.05, 4.69) is 5.32 Å². The van der Waals surface area contributed by atoms with E-state index in [9.17, 15) is 4.79 Å². The van der Waals surface area contributed by atoms with Crippen LogP contribution in [0.1, 0.15) is 38.7 Å². The Morgan fingerprint density at radius 1 is 1.41 bits per heavy atom. The molecule has 1 amide bonds. The zero-order valence-electron chi connectivity index (χ0n) is 13.4. The highest BCUT2D eigenvalue weighted by molar-refractivity contribution is 6.30. The second-order valence-electron chi connectivity index (χ2n) is 5.93. The van der Waals surface area contributed by atoms with Gasteiger partial charge >= 0.3 is 0 Å². The smallest absolute Gasteiger partial charge is 0.222 e. The second kappa shape index (κ2) is 8.39. The summed E-state index contributed by atoms with van der Waals surface area (Å²) in [5, 5.41) is 4.12. The van der Waals surface area contributed by atoms with E-state index in [4.69, 9.17) is 16.3 Å². The van der Waals surface area contributed by atoms with Crippen LogP contribution in [0.4, 0.5) is 0 Å². The lowest BCUT2D eigenvalue weighted by atomic mass is 10.2. The molecule has 1 aliphatic heterocycles. The number of amides is 1. The van der Waals surface area contributed by atoms with Gasteiger partial charge in [-0.05, 0) is 51.4 Å². The Bertz CT molecular complexity index is 505. The quantitative estimate of drug-likeness (QED) is 0.746. The van der Waals surface area contributed by atoms with Gasteiger partial charge in [0.2, 0.25) is 5.91 Å². The van der Waals surface area contributed by atoms with Crippen molar-refractivity contribution in [3.63, 3.8) is 0 Å². The summed E-state index contributed by atoms with van der Waals surface area (Å²) in [7, 11) is 0. The van der Waals surface area contributed by atoms with Gasteiger partial charge in [-0.25, -0.2) is 0 Å². The molecule has 2 rings (SSSR count). The molecule has 1 N–H and O–H groups in total. The van der Waals surface area contributed by atoms with Crippen LogP contribution in [0, 0.1) is 0 Å². The third-order valence-corrected chi connectivity index (χ3v) is 3.89. The van der Waals surface area contributed by atoms with E-state index in [1.54, 1.807) is 0 Å². The Labute approximate surface area is 137 Å². The highest BCUT2D eigenvalue weighted by Gasteiger charge is 2.18. The molecule has 122 valence electrons. The second-order valence-corrected chi connectivity index (χ2v) is 6.37. The molecular formula is C17H25ClN2O2. The summed E-state index contributed by atoms with van der Waals surface area (Å²) in [6, 6.07) is 5.71. The molecular weight excluding hydrogens is 300 g/mol. The number of likely N-dealkylation sites (tertiary alicyclic amines) is 1. The lowest BCUT2D eigenvalue weighted by Crippen LogP contribution is -2.28. The van der Waals surface area contributed by atoms with Gasteiger partial charge in [0.1, 0.15) is 5.75 Å². The van der Waals surface area contributed by atoms with Crippen molar-refractivity contribution in [3.05, 3.63) is 28.8 Å². The zero-order valence-corrected chi connectivity index (χ0v) is 14.2. The number of carbonyl (C=O) groups excluding carboxylic acids is 1. The van der Waals surface area contributed by atoms with Gasteiger partial charge in [-0.2, -0.15) is 0 Å². The van der Waals surface area contributed by atoms with Gasteiger partial charge in [-0.15, -0.1) is 0 Å². The number of carbonyl (C=O) groups is 1. The van der Waals surface area contributed by atoms with E-state index in [0.717, 1.165) is 55.4 Å². The first-order chi connectivity index (χ1) is 10.6. The van der Waals surface area contributed by atoms with Crippen molar-refractivity contribution in [1.82, 2.24) is 10.2 Å². The van der Waals surface area contributed by atoms with Crippen molar-refractivity contribution < 1.29 is 9.53 Å². The first-order valence-electron chi connectivity index (χ1n) is 8.00. The minimum atomic E-state index is 0.140. The molecule has 0 unspecified atom stereocenters. The van der Waals surface area contributed by atoms with Crippen LogP contribution >= 0.6 is 11.6 Å². The summed E-state index contributed by atoms with van der Waals surface area (Å²) in [5.41, 5.74) is 1.07. The third kappa shape index (κ3) is 5.18. The number of rotatable bonds is 8. The van der Waals surface area contributed by atoms with Crippen molar-refractivity contribution in [1.29, 1.82) is 0 Å². The maximum atomic E-state index is 11.5. The Morgan fingerprint density at radius 2 is 2.23 bits per heavy atom. The molecule has 1 saturated heterocycles. The Hall–Kier alpha value is -1.26. The largest absolute Gasteiger partial charge is 0.491 e. The SMILES string of the molecule is CC(C)Oc1ccc(Cl)cc1CNCCCN1CCCC1=O. The molecule has 0 spiro atoms. The molecule has 0 bridgehead atoms. The number of hydrogen-bond donors (Lipinski definition) is 1. The fraction of sp³-hybridized carbons (Fsp3) is 0.588. The molecule has 22 heavy (non-hydrogen) atoms. The maximum Gasteiger partial charge on any atom is 0.222 e. The summed E-state index contributed by atoms with van der Waals surface area (Å²) in [5.74, 6) is 1.17. The zero-order chi connectivity index (χ0) is 15.9. The fourth-order valence-electron chi connectivity index (χ4n) is 2.61. The van der Waals surface area contributed by atoms with Crippen LogP contribution in [0.2, 0.25) is 5.02 Å². The van der Waals surface area contributed by atoms with E-state index in [1.807, 2.05) is 36.9 Å². The van der Waals surface area contributed by atoms with Crippen LogP contribution in [-0.2, 0) is 11.3 Å². The van der Waals surface area contributed by atoms with Crippen LogP contribution in [0.25, 0.3) is 0 Å². The number of hydrogen-bond acceptors (Lipinski definition) is 3. The van der Waals surface area contributed by atoms with Gasteiger partial charge in [-0.1, -0.05) is 11.6 Å². The summed E-state index contributed by atoms with van der Waals surface area (Å²) >= 11 is 6.07. The van der Waals surface area contributed by atoms with Crippen molar-refractivity contribution in [3.8, 4) is 5.75 Å². The summed E-state index contributed by atoms with van der Waals surface area (Å²) in [6.45, 7) is 7.38. The van der Waals surface area contributed by atoms with Crippen molar-refractivity contribution in [2.45, 2.75) is 45.8 Å². The first kappa shape index (κ1) is 17.1. The van der Waals surface area contributed by atoms with Gasteiger partial charge in [0.25, 0.3) is 0 Å². The predicted molar refractivity (Wildman–Crippen MR) is 89.4 cm³/mol. The molecule has 1 aromatic carbocycles. The van der Waals surface area contributed by atoms with Crippen LogP contribution < -0.4 is 10.1 Å². The topological polar surface area (TPSA) is 41.6 Å². The van der Waals surface area contributed by atoms with Crippen LogP contribution in [0.3, 0.4) is 0 Å². The van der Waals surface area contributed by atoms with Crippen LogP contribution in [0.5, 0.6) is 5.75 Å². The number of nitrogens with one attached hydrogen (secondary N) is 1. The molecule has 1 heterocycles. The Kier molecular flexibility index (Phi) is 6.52. The number of ether oxygens (including phenoxy) is 1. The summed E-state index contributed by atoms with van der Waals surface area (Å²) in [6.07, 6.45) is 2.82. The average Bonchev–Trinajstić information content (AvgIpc) is 2.86. The monoisotopic (exact) mass is 324 g/mol. The van der Waals surface area contributed by atoms with Gasteiger partial charge in [-0.3, -0.25) is 4.79 Å². The van der Waals surface area contributed by atoms with E-state index < -0.39 is 0 Å². The lowest BCUT2D eigenvalue weighted by molar-refractivity contribution is -0.127. The lowest BCUT2D eigenvalue weighted by Gasteiger charge is -2.17. The number of halogens is 1. The van der Waals surface area contributed by atoms with E-state index >= 15 is 0 Å².